The van der Waals surface area contributed by atoms with Crippen LogP contribution in [0.1, 0.15) is 24.0 Å². The minimum atomic E-state index is -0.858. The lowest BCUT2D eigenvalue weighted by Crippen LogP contribution is -2.46. The maximum Gasteiger partial charge on any atom is 0.327 e. The minimum absolute atomic E-state index is 0.0628. The van der Waals surface area contributed by atoms with Crippen molar-refractivity contribution in [2.45, 2.75) is 25.8 Å². The van der Waals surface area contributed by atoms with Crippen LogP contribution < -0.4 is 26.9 Å². The molecule has 1 aliphatic carbocycles. The minimum Gasteiger partial charge on any atom is -0.345 e. The molecule has 1 fully saturated rings. The SMILES string of the molecule is Cc1c(C#N)c2nc3ccccc3n2c(=O)c1=CNNC(=O)C(=O)NC1CC1. The van der Waals surface area contributed by atoms with E-state index in [4.69, 9.17) is 0 Å². The number of hydrogen-bond acceptors (Lipinski definition) is 6. The number of hydrogen-bond donors (Lipinski definition) is 3. The highest BCUT2D eigenvalue weighted by Gasteiger charge is 2.26. The standard InChI is InChI=1S/C19H16N6O3/c1-10-12(8-20)16-23-14-4-2-3-5-15(14)25(16)19(28)13(10)9-21-24-18(27)17(26)22-11-6-7-11/h2-5,9,11,21H,6-7H2,1H3,(H,22,26)(H,24,27). The van der Waals surface area contributed by atoms with E-state index in [1.165, 1.54) is 10.6 Å². The van der Waals surface area contributed by atoms with E-state index in [0.29, 0.717) is 16.6 Å². The van der Waals surface area contributed by atoms with Gasteiger partial charge in [-0.2, -0.15) is 5.26 Å². The van der Waals surface area contributed by atoms with Crippen LogP contribution >= 0.6 is 0 Å². The first-order chi connectivity index (χ1) is 13.5. The lowest BCUT2D eigenvalue weighted by atomic mass is 10.1. The fourth-order valence-electron chi connectivity index (χ4n) is 3.00. The van der Waals surface area contributed by atoms with Crippen molar-refractivity contribution >= 4 is 34.7 Å². The van der Waals surface area contributed by atoms with Crippen molar-refractivity contribution in [1.29, 1.82) is 5.26 Å². The number of fused-ring (bicyclic) bond motifs is 3. The van der Waals surface area contributed by atoms with Crippen LogP contribution in [0.3, 0.4) is 0 Å². The van der Waals surface area contributed by atoms with E-state index in [1.807, 2.05) is 0 Å². The van der Waals surface area contributed by atoms with Crippen molar-refractivity contribution in [2.24, 2.45) is 0 Å². The number of nitrogens with zero attached hydrogens (tertiary/aromatic N) is 3. The Labute approximate surface area is 158 Å². The monoisotopic (exact) mass is 376 g/mol. The third-order valence-corrected chi connectivity index (χ3v) is 4.63. The summed E-state index contributed by atoms with van der Waals surface area (Å²) in [4.78, 5) is 40.9. The Morgan fingerprint density at radius 1 is 1.29 bits per heavy atom. The maximum absolute atomic E-state index is 13.0. The molecule has 0 saturated heterocycles. The van der Waals surface area contributed by atoms with E-state index < -0.39 is 11.8 Å². The number of pyridine rings is 1. The molecule has 0 bridgehead atoms. The molecule has 140 valence electrons. The summed E-state index contributed by atoms with van der Waals surface area (Å²) in [7, 11) is 0. The highest BCUT2D eigenvalue weighted by molar-refractivity contribution is 6.35. The molecule has 1 aliphatic rings. The molecule has 3 aromatic rings. The molecule has 1 aromatic carbocycles. The van der Waals surface area contributed by atoms with Gasteiger partial charge in [0.25, 0.3) is 5.56 Å². The number of carbonyl (C=O) groups is 2. The van der Waals surface area contributed by atoms with Gasteiger partial charge in [-0.05, 0) is 37.5 Å². The van der Waals surface area contributed by atoms with Crippen LogP contribution in [-0.4, -0.2) is 27.2 Å². The number of benzene rings is 1. The molecule has 0 spiro atoms. The van der Waals surface area contributed by atoms with Crippen molar-refractivity contribution in [2.75, 3.05) is 0 Å². The molecular formula is C19H16N6O3. The molecule has 0 aliphatic heterocycles. The summed E-state index contributed by atoms with van der Waals surface area (Å²) in [5.74, 6) is -1.60. The molecule has 2 amide bonds. The second kappa shape index (κ2) is 6.66. The van der Waals surface area contributed by atoms with Gasteiger partial charge in [0.15, 0.2) is 5.65 Å². The molecule has 28 heavy (non-hydrogen) atoms. The second-order valence-electron chi connectivity index (χ2n) is 6.58. The number of nitriles is 1. The topological polar surface area (TPSA) is 128 Å². The number of imidazole rings is 1. The van der Waals surface area contributed by atoms with Gasteiger partial charge in [-0.15, -0.1) is 0 Å². The van der Waals surface area contributed by atoms with Gasteiger partial charge < -0.3 is 10.7 Å². The number of aromatic nitrogens is 2. The molecule has 2 aromatic heterocycles. The zero-order valence-electron chi connectivity index (χ0n) is 14.9. The van der Waals surface area contributed by atoms with E-state index in [2.05, 4.69) is 27.2 Å². The predicted octanol–water partition coefficient (Wildman–Crippen LogP) is -0.616. The zero-order chi connectivity index (χ0) is 19.8. The first kappa shape index (κ1) is 17.5. The summed E-state index contributed by atoms with van der Waals surface area (Å²) >= 11 is 0. The summed E-state index contributed by atoms with van der Waals surface area (Å²) in [5.41, 5.74) is 6.50. The van der Waals surface area contributed by atoms with E-state index >= 15 is 0 Å². The fourth-order valence-corrected chi connectivity index (χ4v) is 3.00. The van der Waals surface area contributed by atoms with E-state index in [9.17, 15) is 19.6 Å². The van der Waals surface area contributed by atoms with Gasteiger partial charge in [0.2, 0.25) is 0 Å². The Kier molecular flexibility index (Phi) is 4.16. The van der Waals surface area contributed by atoms with Gasteiger partial charge in [-0.1, -0.05) is 12.1 Å². The quantitative estimate of drug-likeness (QED) is 0.413. The Balaban J connectivity index is 1.74. The van der Waals surface area contributed by atoms with Crippen LogP contribution in [0.2, 0.25) is 0 Å². The Hall–Kier alpha value is -3.93. The van der Waals surface area contributed by atoms with Crippen molar-refractivity contribution in [3.63, 3.8) is 0 Å². The molecule has 0 unspecified atom stereocenters. The molecule has 1 saturated carbocycles. The first-order valence-corrected chi connectivity index (χ1v) is 8.71. The summed E-state index contributed by atoms with van der Waals surface area (Å²) in [5, 5.41) is 12.3. The summed E-state index contributed by atoms with van der Waals surface area (Å²) < 4.78 is 1.37. The van der Waals surface area contributed by atoms with Gasteiger partial charge in [-0.25, -0.2) is 4.98 Å². The Morgan fingerprint density at radius 3 is 2.75 bits per heavy atom. The number of nitrogens with one attached hydrogen (secondary N) is 3. The lowest BCUT2D eigenvalue weighted by molar-refractivity contribution is -0.139. The summed E-state index contributed by atoms with van der Waals surface area (Å²) in [6.45, 7) is 1.63. The lowest BCUT2D eigenvalue weighted by Gasteiger charge is -2.06. The average molecular weight is 376 g/mol. The van der Waals surface area contributed by atoms with Gasteiger partial charge in [0.1, 0.15) is 6.07 Å². The molecule has 9 nitrogen and oxygen atoms in total. The molecule has 0 radical (unpaired) electrons. The fraction of sp³-hybridized carbons (Fsp3) is 0.211. The molecule has 2 heterocycles. The second-order valence-corrected chi connectivity index (χ2v) is 6.58. The van der Waals surface area contributed by atoms with E-state index in [0.717, 1.165) is 12.8 Å². The predicted molar refractivity (Wildman–Crippen MR) is 101 cm³/mol. The van der Waals surface area contributed by atoms with Crippen LogP contribution in [0, 0.1) is 18.3 Å². The highest BCUT2D eigenvalue weighted by atomic mass is 16.2. The Morgan fingerprint density at radius 2 is 2.04 bits per heavy atom. The first-order valence-electron chi connectivity index (χ1n) is 8.71. The van der Waals surface area contributed by atoms with Gasteiger partial charge in [0.05, 0.1) is 21.8 Å². The normalized spacial score (nSPS) is 14.1. The van der Waals surface area contributed by atoms with Crippen molar-refractivity contribution in [3.8, 4) is 6.07 Å². The van der Waals surface area contributed by atoms with Crippen LogP contribution in [0.4, 0.5) is 0 Å². The van der Waals surface area contributed by atoms with E-state index in [-0.39, 0.29) is 28.0 Å². The smallest absolute Gasteiger partial charge is 0.327 e. The van der Waals surface area contributed by atoms with Crippen molar-refractivity contribution < 1.29 is 9.59 Å². The molecule has 3 N–H and O–H groups in total. The van der Waals surface area contributed by atoms with Crippen LogP contribution in [0.5, 0.6) is 0 Å². The third kappa shape index (κ3) is 2.91. The van der Waals surface area contributed by atoms with Crippen LogP contribution in [0.15, 0.2) is 29.1 Å². The van der Waals surface area contributed by atoms with Crippen LogP contribution in [0.25, 0.3) is 22.9 Å². The maximum atomic E-state index is 13.0. The van der Waals surface area contributed by atoms with Crippen molar-refractivity contribution in [1.82, 2.24) is 25.6 Å². The summed E-state index contributed by atoms with van der Waals surface area (Å²) in [6, 6.07) is 9.24. The van der Waals surface area contributed by atoms with Gasteiger partial charge in [0, 0.05) is 12.2 Å². The number of carbonyl (C=O) groups excluding carboxylic acids is 2. The number of hydrazine groups is 1. The number of rotatable bonds is 3. The highest BCUT2D eigenvalue weighted by Crippen LogP contribution is 2.18. The third-order valence-electron chi connectivity index (χ3n) is 4.63. The van der Waals surface area contributed by atoms with Gasteiger partial charge >= 0.3 is 11.8 Å². The molecule has 4 rings (SSSR count). The zero-order valence-corrected chi connectivity index (χ0v) is 14.9. The van der Waals surface area contributed by atoms with Crippen molar-refractivity contribution in [3.05, 3.63) is 51.0 Å². The largest absolute Gasteiger partial charge is 0.345 e. The Bertz CT molecular complexity index is 1280. The number of para-hydroxylation sites is 2. The van der Waals surface area contributed by atoms with Gasteiger partial charge in [-0.3, -0.25) is 24.2 Å². The molecule has 9 heteroatoms. The summed E-state index contributed by atoms with van der Waals surface area (Å²) in [6.07, 6.45) is 3.01. The number of amides is 2. The molecular weight excluding hydrogens is 360 g/mol. The van der Waals surface area contributed by atoms with E-state index in [1.54, 1.807) is 31.2 Å². The average Bonchev–Trinajstić information content (AvgIpc) is 3.41. The van der Waals surface area contributed by atoms with Crippen LogP contribution in [-0.2, 0) is 9.59 Å². The molecule has 0 atom stereocenters.